The van der Waals surface area contributed by atoms with Crippen molar-refractivity contribution < 1.29 is 4.74 Å². The summed E-state index contributed by atoms with van der Waals surface area (Å²) < 4.78 is 5.72. The van der Waals surface area contributed by atoms with Gasteiger partial charge in [-0.1, -0.05) is 25.4 Å². The summed E-state index contributed by atoms with van der Waals surface area (Å²) in [6, 6.07) is 0. The van der Waals surface area contributed by atoms with Gasteiger partial charge in [0.15, 0.2) is 0 Å². The molecule has 0 spiro atoms. The van der Waals surface area contributed by atoms with Crippen molar-refractivity contribution in [3.8, 4) is 0 Å². The Hall–Kier alpha value is -0.870. The van der Waals surface area contributed by atoms with Crippen LogP contribution in [0.1, 0.15) is 51.0 Å². The molecule has 5 heteroatoms. The number of nitrogens with one attached hydrogen (secondary N) is 1. The van der Waals surface area contributed by atoms with Gasteiger partial charge in [-0.2, -0.15) is 0 Å². The molecule has 0 radical (unpaired) electrons. The van der Waals surface area contributed by atoms with Gasteiger partial charge < -0.3 is 10.1 Å². The van der Waals surface area contributed by atoms with Crippen LogP contribution >= 0.6 is 11.6 Å². The Morgan fingerprint density at radius 1 is 1.42 bits per heavy atom. The number of nitrogens with zero attached hydrogens (tertiary/aromatic N) is 2. The van der Waals surface area contributed by atoms with Crippen LogP contribution in [0.5, 0.6) is 0 Å². The van der Waals surface area contributed by atoms with E-state index in [1.54, 1.807) is 0 Å². The van der Waals surface area contributed by atoms with Crippen molar-refractivity contribution in [2.45, 2.75) is 51.6 Å². The number of halogens is 1. The van der Waals surface area contributed by atoms with Gasteiger partial charge in [0.1, 0.15) is 17.3 Å². The third kappa shape index (κ3) is 4.05. The summed E-state index contributed by atoms with van der Waals surface area (Å²) in [5, 5.41) is 3.91. The Bertz CT molecular complexity index is 406. The zero-order valence-electron chi connectivity index (χ0n) is 11.7. The van der Waals surface area contributed by atoms with Gasteiger partial charge in [0, 0.05) is 18.7 Å². The summed E-state index contributed by atoms with van der Waals surface area (Å²) in [5.74, 6) is 1.16. The molecule has 1 aliphatic heterocycles. The minimum absolute atomic E-state index is 0.308. The summed E-state index contributed by atoms with van der Waals surface area (Å²) >= 11 is 6.14. The predicted octanol–water partition coefficient (Wildman–Crippen LogP) is 3.62. The number of ether oxygens (including phenoxy) is 1. The second-order valence-corrected chi connectivity index (χ2v) is 5.64. The lowest BCUT2D eigenvalue weighted by atomic mass is 10.1. The van der Waals surface area contributed by atoms with Crippen LogP contribution in [-0.4, -0.2) is 29.2 Å². The van der Waals surface area contributed by atoms with Crippen molar-refractivity contribution in [3.63, 3.8) is 0 Å². The highest BCUT2D eigenvalue weighted by atomic mass is 35.5. The SMILES string of the molecule is CC(C)c1c(Cl)ncnc1NCCC1CCCCO1. The predicted molar refractivity (Wildman–Crippen MR) is 77.8 cm³/mol. The van der Waals surface area contributed by atoms with Crippen molar-refractivity contribution in [2.75, 3.05) is 18.5 Å². The van der Waals surface area contributed by atoms with Gasteiger partial charge in [-0.25, -0.2) is 9.97 Å². The molecule has 1 fully saturated rings. The number of hydrogen-bond acceptors (Lipinski definition) is 4. The summed E-state index contributed by atoms with van der Waals surface area (Å²) in [7, 11) is 0. The van der Waals surface area contributed by atoms with Crippen LogP contribution < -0.4 is 5.32 Å². The first-order valence-corrected chi connectivity index (χ1v) is 7.42. The Morgan fingerprint density at radius 3 is 2.95 bits per heavy atom. The molecule has 19 heavy (non-hydrogen) atoms. The van der Waals surface area contributed by atoms with Gasteiger partial charge in [-0.15, -0.1) is 0 Å². The number of anilines is 1. The minimum atomic E-state index is 0.308. The number of hydrogen-bond donors (Lipinski definition) is 1. The van der Waals surface area contributed by atoms with Gasteiger partial charge in [0.05, 0.1) is 6.10 Å². The van der Waals surface area contributed by atoms with Crippen LogP contribution in [-0.2, 0) is 4.74 Å². The van der Waals surface area contributed by atoms with Crippen molar-refractivity contribution in [1.29, 1.82) is 0 Å². The highest BCUT2D eigenvalue weighted by Gasteiger charge is 2.15. The van der Waals surface area contributed by atoms with E-state index in [2.05, 4.69) is 29.1 Å². The van der Waals surface area contributed by atoms with Gasteiger partial charge in [0.25, 0.3) is 0 Å². The lowest BCUT2D eigenvalue weighted by molar-refractivity contribution is 0.0134. The second-order valence-electron chi connectivity index (χ2n) is 5.29. The maximum Gasteiger partial charge on any atom is 0.138 e. The fourth-order valence-corrected chi connectivity index (χ4v) is 2.76. The van der Waals surface area contributed by atoms with E-state index in [-0.39, 0.29) is 0 Å². The highest BCUT2D eigenvalue weighted by Crippen LogP contribution is 2.28. The molecule has 1 aromatic rings. The molecule has 2 rings (SSSR count). The Labute approximate surface area is 119 Å². The zero-order chi connectivity index (χ0) is 13.7. The van der Waals surface area contributed by atoms with E-state index in [0.29, 0.717) is 17.2 Å². The third-order valence-electron chi connectivity index (χ3n) is 3.45. The molecule has 4 nitrogen and oxygen atoms in total. The summed E-state index contributed by atoms with van der Waals surface area (Å²) in [6.45, 7) is 5.96. The highest BCUT2D eigenvalue weighted by molar-refractivity contribution is 6.30. The molecule has 0 saturated carbocycles. The van der Waals surface area contributed by atoms with Crippen LogP contribution in [0.25, 0.3) is 0 Å². The van der Waals surface area contributed by atoms with Crippen LogP contribution in [0.4, 0.5) is 5.82 Å². The first-order valence-electron chi connectivity index (χ1n) is 7.04. The van der Waals surface area contributed by atoms with E-state index in [1.807, 2.05) is 0 Å². The van der Waals surface area contributed by atoms with E-state index < -0.39 is 0 Å². The molecule has 0 aromatic carbocycles. The maximum atomic E-state index is 6.14. The molecule has 0 bridgehead atoms. The monoisotopic (exact) mass is 283 g/mol. The quantitative estimate of drug-likeness (QED) is 0.839. The molecule has 1 N–H and O–H groups in total. The fourth-order valence-electron chi connectivity index (χ4n) is 2.41. The first-order chi connectivity index (χ1) is 9.18. The van der Waals surface area contributed by atoms with E-state index >= 15 is 0 Å². The summed E-state index contributed by atoms with van der Waals surface area (Å²) in [6.07, 6.45) is 6.56. The van der Waals surface area contributed by atoms with Crippen molar-refractivity contribution in [1.82, 2.24) is 9.97 Å². The van der Waals surface area contributed by atoms with E-state index in [0.717, 1.165) is 31.0 Å². The van der Waals surface area contributed by atoms with Gasteiger partial charge in [0.2, 0.25) is 0 Å². The molecule has 1 aliphatic rings. The van der Waals surface area contributed by atoms with Crippen LogP contribution in [0.15, 0.2) is 6.33 Å². The summed E-state index contributed by atoms with van der Waals surface area (Å²) in [4.78, 5) is 8.34. The number of rotatable bonds is 5. The molecule has 0 aliphatic carbocycles. The molecule has 2 heterocycles. The topological polar surface area (TPSA) is 47.0 Å². The Kier molecular flexibility index (Phi) is 5.40. The molecule has 1 atom stereocenters. The average molecular weight is 284 g/mol. The van der Waals surface area contributed by atoms with E-state index in [1.165, 1.54) is 25.6 Å². The molecule has 1 aromatic heterocycles. The van der Waals surface area contributed by atoms with Crippen molar-refractivity contribution in [3.05, 3.63) is 17.0 Å². The Morgan fingerprint density at radius 2 is 2.26 bits per heavy atom. The van der Waals surface area contributed by atoms with E-state index in [4.69, 9.17) is 16.3 Å². The van der Waals surface area contributed by atoms with Crippen molar-refractivity contribution >= 4 is 17.4 Å². The van der Waals surface area contributed by atoms with Crippen LogP contribution in [0, 0.1) is 0 Å². The molecule has 0 amide bonds. The average Bonchev–Trinajstić information content (AvgIpc) is 2.39. The molecule has 1 unspecified atom stereocenters. The van der Waals surface area contributed by atoms with Gasteiger partial charge in [-0.05, 0) is 31.6 Å². The molecular weight excluding hydrogens is 262 g/mol. The molecular formula is C14H22ClN3O. The summed E-state index contributed by atoms with van der Waals surface area (Å²) in [5.41, 5.74) is 0.994. The normalized spacial score (nSPS) is 19.7. The Balaban J connectivity index is 1.90. The standard InChI is InChI=1S/C14H22ClN3O/c1-10(2)12-13(15)17-9-18-14(12)16-7-6-11-5-3-4-8-19-11/h9-11H,3-8H2,1-2H3,(H,16,17,18). The lowest BCUT2D eigenvalue weighted by Gasteiger charge is -2.23. The zero-order valence-corrected chi connectivity index (χ0v) is 12.4. The smallest absolute Gasteiger partial charge is 0.138 e. The number of aromatic nitrogens is 2. The largest absolute Gasteiger partial charge is 0.378 e. The maximum absolute atomic E-state index is 6.14. The van der Waals surface area contributed by atoms with Gasteiger partial charge >= 0.3 is 0 Å². The van der Waals surface area contributed by atoms with Crippen LogP contribution in [0.3, 0.4) is 0 Å². The van der Waals surface area contributed by atoms with Gasteiger partial charge in [-0.3, -0.25) is 0 Å². The van der Waals surface area contributed by atoms with Crippen molar-refractivity contribution in [2.24, 2.45) is 0 Å². The second kappa shape index (κ2) is 7.06. The minimum Gasteiger partial charge on any atom is -0.378 e. The van der Waals surface area contributed by atoms with E-state index in [9.17, 15) is 0 Å². The first kappa shape index (κ1) is 14.5. The van der Waals surface area contributed by atoms with Crippen LogP contribution in [0.2, 0.25) is 5.15 Å². The molecule has 106 valence electrons. The lowest BCUT2D eigenvalue weighted by Crippen LogP contribution is -2.22. The molecule has 1 saturated heterocycles. The third-order valence-corrected chi connectivity index (χ3v) is 3.75. The fraction of sp³-hybridized carbons (Fsp3) is 0.714.